The number of fused-ring (bicyclic) bond motifs is 1. The normalized spacial score (nSPS) is 13.2. The molecular formula is C20H24N2O4S. The van der Waals surface area contributed by atoms with Crippen LogP contribution in [-0.2, 0) is 10.3 Å². The van der Waals surface area contributed by atoms with Crippen LogP contribution in [0.15, 0.2) is 41.2 Å². The summed E-state index contributed by atoms with van der Waals surface area (Å²) in [7, 11) is -1.71. The Hall–Kier alpha value is -2.38. The highest BCUT2D eigenvalue weighted by Crippen LogP contribution is 2.37. The molecule has 0 saturated carbocycles. The van der Waals surface area contributed by atoms with Crippen molar-refractivity contribution in [3.05, 3.63) is 46.8 Å². The molecule has 0 aliphatic heterocycles. The van der Waals surface area contributed by atoms with Gasteiger partial charge in [0.1, 0.15) is 11.3 Å². The van der Waals surface area contributed by atoms with Crippen molar-refractivity contribution < 1.29 is 14.1 Å². The van der Waals surface area contributed by atoms with Gasteiger partial charge in [0.05, 0.1) is 28.1 Å². The summed E-state index contributed by atoms with van der Waals surface area (Å²) in [4.78, 5) is 25.7. The maximum absolute atomic E-state index is 13.1. The molecule has 0 bridgehead atoms. The average Bonchev–Trinajstić information content (AvgIpc) is 3.02. The molecule has 144 valence electrons. The van der Waals surface area contributed by atoms with E-state index in [1.54, 1.807) is 32.9 Å². The van der Waals surface area contributed by atoms with E-state index in [-0.39, 0.29) is 5.56 Å². The molecule has 0 N–H and O–H groups in total. The highest BCUT2D eigenvalue weighted by atomic mass is 32.2. The Morgan fingerprint density at radius 2 is 1.70 bits per heavy atom. The van der Waals surface area contributed by atoms with Gasteiger partial charge in [0.25, 0.3) is 5.56 Å². The van der Waals surface area contributed by atoms with Crippen LogP contribution >= 0.6 is 10.9 Å². The van der Waals surface area contributed by atoms with Crippen molar-refractivity contribution in [1.29, 1.82) is 0 Å². The second-order valence-electron chi connectivity index (χ2n) is 8.47. The summed E-state index contributed by atoms with van der Waals surface area (Å²) in [6.07, 6.45) is -0.571. The molecule has 0 saturated heterocycles. The van der Waals surface area contributed by atoms with Gasteiger partial charge in [-0.15, -0.1) is 3.96 Å². The summed E-state index contributed by atoms with van der Waals surface area (Å²) in [6.45, 7) is 10.8. The van der Waals surface area contributed by atoms with Crippen LogP contribution in [0.2, 0.25) is 0 Å². The number of rotatable bonds is 1. The highest BCUT2D eigenvalue weighted by molar-refractivity contribution is 7.23. The van der Waals surface area contributed by atoms with E-state index >= 15 is 0 Å². The highest BCUT2D eigenvalue weighted by Gasteiger charge is 2.31. The molecule has 6 nitrogen and oxygen atoms in total. The monoisotopic (exact) mass is 388 g/mol. The van der Waals surface area contributed by atoms with Crippen LogP contribution in [0.25, 0.3) is 21.5 Å². The molecule has 0 spiro atoms. The van der Waals surface area contributed by atoms with Crippen molar-refractivity contribution in [1.82, 2.24) is 8.52 Å². The van der Waals surface area contributed by atoms with E-state index in [4.69, 9.17) is 4.74 Å². The van der Waals surface area contributed by atoms with Gasteiger partial charge in [0, 0.05) is 5.39 Å². The fraction of sp³-hybridized carbons (Fsp3) is 0.400. The van der Waals surface area contributed by atoms with E-state index in [9.17, 15) is 14.1 Å². The van der Waals surface area contributed by atoms with E-state index in [0.29, 0.717) is 16.1 Å². The van der Waals surface area contributed by atoms with Gasteiger partial charge in [0.2, 0.25) is 4.88 Å². The smallest absolute Gasteiger partial charge is 0.419 e. The number of nitrogens with zero attached hydrogens (tertiary/aromatic N) is 2. The van der Waals surface area contributed by atoms with Crippen LogP contribution in [0.4, 0.5) is 4.79 Å². The Morgan fingerprint density at radius 3 is 2.26 bits per heavy atom. The number of carbonyl (C=O) groups is 1. The molecule has 3 rings (SSSR count). The zero-order valence-corrected chi connectivity index (χ0v) is 17.2. The summed E-state index contributed by atoms with van der Waals surface area (Å²) in [5.41, 5.74) is -0.582. The van der Waals surface area contributed by atoms with Crippen molar-refractivity contribution in [3.63, 3.8) is 0 Å². The molecule has 1 atom stereocenters. The van der Waals surface area contributed by atoms with Gasteiger partial charge < -0.3 is 9.29 Å². The van der Waals surface area contributed by atoms with Gasteiger partial charge in [-0.1, -0.05) is 18.2 Å². The predicted molar refractivity (Wildman–Crippen MR) is 107 cm³/mol. The topological polar surface area (TPSA) is 76.3 Å². The van der Waals surface area contributed by atoms with Gasteiger partial charge in [-0.05, 0) is 53.7 Å². The Kier molecular flexibility index (Phi) is 4.56. The van der Waals surface area contributed by atoms with Crippen LogP contribution in [0.3, 0.4) is 0 Å². The molecule has 0 aliphatic rings. The fourth-order valence-electron chi connectivity index (χ4n) is 2.98. The van der Waals surface area contributed by atoms with Crippen LogP contribution in [0.5, 0.6) is 0 Å². The average molecular weight is 388 g/mol. The lowest BCUT2D eigenvalue weighted by molar-refractivity contribution is 0.0547. The zero-order chi connectivity index (χ0) is 20.1. The molecule has 3 aromatic rings. The first-order valence-corrected chi connectivity index (χ1v) is 9.83. The minimum absolute atomic E-state index is 0.303. The minimum atomic E-state index is -1.71. The number of ether oxygens (including phenoxy) is 1. The summed E-state index contributed by atoms with van der Waals surface area (Å²) in [5.74, 6) is 0. The third-order valence-electron chi connectivity index (χ3n) is 3.96. The van der Waals surface area contributed by atoms with Crippen LogP contribution < -0.4 is 5.56 Å². The lowest BCUT2D eigenvalue weighted by Crippen LogP contribution is -2.30. The SMILES string of the molecule is CC(C)(C)OC(=O)n1c(-c2cc(=O)n(C(C)(C)C)[s+]2[O-])cc2ccccc21. The Labute approximate surface area is 160 Å². The van der Waals surface area contributed by atoms with Gasteiger partial charge in [-0.2, -0.15) is 0 Å². The van der Waals surface area contributed by atoms with Crippen LogP contribution in [-0.4, -0.2) is 24.8 Å². The number of hydrogen-bond donors (Lipinski definition) is 0. The van der Waals surface area contributed by atoms with Crippen molar-refractivity contribution in [2.45, 2.75) is 52.7 Å². The third kappa shape index (κ3) is 3.57. The van der Waals surface area contributed by atoms with Crippen molar-refractivity contribution in [2.24, 2.45) is 0 Å². The van der Waals surface area contributed by atoms with E-state index < -0.39 is 28.2 Å². The first kappa shape index (κ1) is 19.4. The standard InChI is InChI=1S/C20H24N2O4S/c1-19(2,3)22-17(23)12-16(27(22)25)15-11-13-9-7-8-10-14(13)21(15)18(24)26-20(4,5)6/h7-12H,1-6H3. The molecule has 0 amide bonds. The summed E-state index contributed by atoms with van der Waals surface area (Å²) in [5, 5.41) is 0.804. The second kappa shape index (κ2) is 6.35. The maximum atomic E-state index is 13.1. The zero-order valence-electron chi connectivity index (χ0n) is 16.4. The quantitative estimate of drug-likeness (QED) is 0.565. The predicted octanol–water partition coefficient (Wildman–Crippen LogP) is 4.74. The number of benzene rings is 1. The van der Waals surface area contributed by atoms with Crippen LogP contribution in [0.1, 0.15) is 41.5 Å². The molecular weight excluding hydrogens is 364 g/mol. The Balaban J connectivity index is 2.29. The number of hydrogen-bond acceptors (Lipinski definition) is 4. The Morgan fingerprint density at radius 1 is 1.07 bits per heavy atom. The summed E-state index contributed by atoms with van der Waals surface area (Å²) in [6, 6.07) is 10.4. The molecule has 2 heterocycles. The molecule has 27 heavy (non-hydrogen) atoms. The van der Waals surface area contributed by atoms with Crippen molar-refractivity contribution in [3.8, 4) is 10.6 Å². The molecule has 1 aromatic carbocycles. The number of para-hydroxylation sites is 1. The van der Waals surface area contributed by atoms with Gasteiger partial charge in [0.15, 0.2) is 0 Å². The Bertz CT molecular complexity index is 1070. The largest absolute Gasteiger partial charge is 0.570 e. The fourth-order valence-corrected chi connectivity index (χ4v) is 4.43. The molecule has 2 aromatic heterocycles. The first-order chi connectivity index (χ1) is 12.4. The lowest BCUT2D eigenvalue weighted by atomic mass is 10.1. The molecule has 0 fully saturated rings. The first-order valence-electron chi connectivity index (χ1n) is 8.72. The number of aromatic nitrogens is 2. The molecule has 0 radical (unpaired) electrons. The molecule has 1 unspecified atom stereocenters. The lowest BCUT2D eigenvalue weighted by Gasteiger charge is -2.21. The van der Waals surface area contributed by atoms with Gasteiger partial charge >= 0.3 is 6.09 Å². The van der Waals surface area contributed by atoms with E-state index in [1.807, 2.05) is 39.0 Å². The third-order valence-corrected chi connectivity index (χ3v) is 5.72. The molecule has 0 aliphatic carbocycles. The van der Waals surface area contributed by atoms with E-state index in [0.717, 1.165) is 5.39 Å². The minimum Gasteiger partial charge on any atom is -0.570 e. The second-order valence-corrected chi connectivity index (χ2v) is 9.77. The maximum Gasteiger partial charge on any atom is 0.419 e. The van der Waals surface area contributed by atoms with Gasteiger partial charge in [-0.3, -0.25) is 4.79 Å². The van der Waals surface area contributed by atoms with Gasteiger partial charge in [-0.25, -0.2) is 9.36 Å². The van der Waals surface area contributed by atoms with E-state index in [2.05, 4.69) is 0 Å². The molecule has 7 heteroatoms. The summed E-state index contributed by atoms with van der Waals surface area (Å²) >= 11 is 0. The summed E-state index contributed by atoms with van der Waals surface area (Å²) < 4.78 is 21.3. The van der Waals surface area contributed by atoms with E-state index in [1.165, 1.54) is 14.6 Å². The van der Waals surface area contributed by atoms with Crippen molar-refractivity contribution >= 4 is 27.9 Å². The van der Waals surface area contributed by atoms with Crippen molar-refractivity contribution in [2.75, 3.05) is 0 Å². The number of carbonyl (C=O) groups excluding carboxylic acids is 1. The van der Waals surface area contributed by atoms with Crippen LogP contribution in [0, 0.1) is 0 Å².